The van der Waals surface area contributed by atoms with Crippen LogP contribution in [-0.2, 0) is 14.8 Å². The Bertz CT molecular complexity index is 569. The summed E-state index contributed by atoms with van der Waals surface area (Å²) in [5, 5.41) is 0. The molecule has 1 heterocycles. The maximum absolute atomic E-state index is 12.4. The number of benzene rings is 1. The molecule has 0 amide bonds. The van der Waals surface area contributed by atoms with Crippen LogP contribution in [0.4, 0.5) is 0 Å². The van der Waals surface area contributed by atoms with Gasteiger partial charge in [0.2, 0.25) is 10.0 Å². The predicted octanol–water partition coefficient (Wildman–Crippen LogP) is 1.55. The summed E-state index contributed by atoms with van der Waals surface area (Å²) in [5.41, 5.74) is 6.12. The van der Waals surface area contributed by atoms with Gasteiger partial charge in [-0.3, -0.25) is 0 Å². The van der Waals surface area contributed by atoms with Crippen molar-refractivity contribution in [1.29, 1.82) is 0 Å². The molecule has 1 aliphatic heterocycles. The predicted molar refractivity (Wildman–Crippen MR) is 77.8 cm³/mol. The summed E-state index contributed by atoms with van der Waals surface area (Å²) in [6.45, 7) is 6.19. The third kappa shape index (κ3) is 3.03. The molecular weight excluding hydrogens is 276 g/mol. The molecule has 112 valence electrons. The molecule has 3 atom stereocenters. The molecule has 1 aromatic carbocycles. The first-order chi connectivity index (χ1) is 9.24. The molecule has 2 rings (SSSR count). The minimum atomic E-state index is -3.55. The zero-order valence-corrected chi connectivity index (χ0v) is 12.9. The Hall–Kier alpha value is -0.950. The zero-order valence-electron chi connectivity index (χ0n) is 12.1. The van der Waals surface area contributed by atoms with Crippen LogP contribution in [0.5, 0.6) is 0 Å². The lowest BCUT2D eigenvalue weighted by Gasteiger charge is -2.28. The highest BCUT2D eigenvalue weighted by molar-refractivity contribution is 7.89. The van der Waals surface area contributed by atoms with Crippen LogP contribution in [0.2, 0.25) is 0 Å². The first-order valence-electron chi connectivity index (χ1n) is 6.76. The van der Waals surface area contributed by atoms with E-state index in [1.165, 1.54) is 0 Å². The van der Waals surface area contributed by atoms with E-state index in [0.29, 0.717) is 13.0 Å². The number of nitrogens with two attached hydrogens (primary N) is 1. The Kier molecular flexibility index (Phi) is 4.20. The van der Waals surface area contributed by atoms with Gasteiger partial charge in [-0.25, -0.2) is 13.1 Å². The van der Waals surface area contributed by atoms with E-state index in [4.69, 9.17) is 10.5 Å². The summed E-state index contributed by atoms with van der Waals surface area (Å²) in [6.07, 6.45) is 0.534. The second-order valence-electron chi connectivity index (χ2n) is 5.64. The Morgan fingerprint density at radius 2 is 2.00 bits per heavy atom. The molecule has 0 saturated carbocycles. The highest BCUT2D eigenvalue weighted by atomic mass is 32.2. The molecule has 20 heavy (non-hydrogen) atoms. The Labute approximate surface area is 120 Å². The van der Waals surface area contributed by atoms with Gasteiger partial charge in [0.15, 0.2) is 0 Å². The van der Waals surface area contributed by atoms with E-state index in [1.807, 2.05) is 20.8 Å². The number of nitrogens with one attached hydrogen (secondary N) is 1. The molecule has 5 nitrogen and oxygen atoms in total. The molecular formula is C14H22N2O3S. The molecule has 6 heteroatoms. The number of ether oxygens (including phenoxy) is 1. The molecule has 0 radical (unpaired) electrons. The van der Waals surface area contributed by atoms with Crippen LogP contribution in [0.25, 0.3) is 0 Å². The quantitative estimate of drug-likeness (QED) is 0.883. The largest absolute Gasteiger partial charge is 0.376 e. The van der Waals surface area contributed by atoms with Crippen molar-refractivity contribution in [2.24, 2.45) is 5.73 Å². The number of sulfonamides is 1. The third-order valence-corrected chi connectivity index (χ3v) is 5.60. The van der Waals surface area contributed by atoms with E-state index in [2.05, 4.69) is 4.72 Å². The summed E-state index contributed by atoms with van der Waals surface area (Å²) < 4.78 is 33.1. The molecule has 3 unspecified atom stereocenters. The molecule has 0 spiro atoms. The monoisotopic (exact) mass is 298 g/mol. The SMILES string of the molecule is CC(N)c1ccc(S(=O)(=O)NC2(C)CCOC2C)cc1. The van der Waals surface area contributed by atoms with Crippen molar-refractivity contribution in [2.75, 3.05) is 6.61 Å². The van der Waals surface area contributed by atoms with Gasteiger partial charge < -0.3 is 10.5 Å². The molecule has 1 aromatic rings. The second-order valence-corrected chi connectivity index (χ2v) is 7.33. The summed E-state index contributed by atoms with van der Waals surface area (Å²) in [6, 6.07) is 6.56. The summed E-state index contributed by atoms with van der Waals surface area (Å²) in [5.74, 6) is 0. The van der Waals surface area contributed by atoms with Gasteiger partial charge in [0.1, 0.15) is 0 Å². The molecule has 1 aliphatic rings. The number of rotatable bonds is 4. The first-order valence-corrected chi connectivity index (χ1v) is 8.24. The molecule has 0 bridgehead atoms. The van der Waals surface area contributed by atoms with Gasteiger partial charge in [0.25, 0.3) is 0 Å². The lowest BCUT2D eigenvalue weighted by molar-refractivity contribution is 0.0957. The average molecular weight is 298 g/mol. The first kappa shape index (κ1) is 15.4. The van der Waals surface area contributed by atoms with Crippen LogP contribution in [0.15, 0.2) is 29.2 Å². The minimum Gasteiger partial charge on any atom is -0.376 e. The highest BCUT2D eigenvalue weighted by Gasteiger charge is 2.40. The van der Waals surface area contributed by atoms with Crippen LogP contribution in [0, 0.1) is 0 Å². The number of hydrogen-bond donors (Lipinski definition) is 2. The normalized spacial score (nSPS) is 28.5. The molecule has 1 saturated heterocycles. The van der Waals surface area contributed by atoms with E-state index in [1.54, 1.807) is 24.3 Å². The van der Waals surface area contributed by atoms with Crippen LogP contribution in [0.3, 0.4) is 0 Å². The van der Waals surface area contributed by atoms with Crippen LogP contribution in [0.1, 0.15) is 38.8 Å². The van der Waals surface area contributed by atoms with E-state index < -0.39 is 15.6 Å². The van der Waals surface area contributed by atoms with Gasteiger partial charge >= 0.3 is 0 Å². The summed E-state index contributed by atoms with van der Waals surface area (Å²) in [4.78, 5) is 0.252. The molecule has 3 N–H and O–H groups in total. The maximum Gasteiger partial charge on any atom is 0.241 e. The minimum absolute atomic E-state index is 0.111. The van der Waals surface area contributed by atoms with E-state index in [0.717, 1.165) is 5.56 Å². The Balaban J connectivity index is 2.22. The van der Waals surface area contributed by atoms with Crippen LogP contribution >= 0.6 is 0 Å². The van der Waals surface area contributed by atoms with Gasteiger partial charge in [-0.05, 0) is 44.9 Å². The molecule has 0 aromatic heterocycles. The fourth-order valence-corrected chi connectivity index (χ4v) is 3.78. The van der Waals surface area contributed by atoms with Crippen LogP contribution < -0.4 is 10.5 Å². The van der Waals surface area contributed by atoms with E-state index in [9.17, 15) is 8.42 Å². The topological polar surface area (TPSA) is 81.4 Å². The van der Waals surface area contributed by atoms with Gasteiger partial charge in [0.05, 0.1) is 16.5 Å². The van der Waals surface area contributed by atoms with Crippen molar-refractivity contribution in [2.45, 2.75) is 49.8 Å². The number of hydrogen-bond acceptors (Lipinski definition) is 4. The van der Waals surface area contributed by atoms with Crippen molar-refractivity contribution in [3.63, 3.8) is 0 Å². The van der Waals surface area contributed by atoms with Crippen molar-refractivity contribution < 1.29 is 13.2 Å². The van der Waals surface area contributed by atoms with E-state index in [-0.39, 0.29) is 17.0 Å². The smallest absolute Gasteiger partial charge is 0.241 e. The lowest BCUT2D eigenvalue weighted by atomic mass is 9.97. The lowest BCUT2D eigenvalue weighted by Crippen LogP contribution is -2.50. The van der Waals surface area contributed by atoms with Crippen molar-refractivity contribution in [3.05, 3.63) is 29.8 Å². The maximum atomic E-state index is 12.4. The Morgan fingerprint density at radius 1 is 1.40 bits per heavy atom. The average Bonchev–Trinajstić information content (AvgIpc) is 2.68. The van der Waals surface area contributed by atoms with Crippen molar-refractivity contribution >= 4 is 10.0 Å². The van der Waals surface area contributed by atoms with Gasteiger partial charge in [-0.1, -0.05) is 12.1 Å². The standard InChI is InChI=1S/C14H22N2O3S/c1-10(15)12-4-6-13(7-5-12)20(17,18)16-14(3)8-9-19-11(14)2/h4-7,10-11,16H,8-9,15H2,1-3H3. The highest BCUT2D eigenvalue weighted by Crippen LogP contribution is 2.27. The van der Waals surface area contributed by atoms with Crippen molar-refractivity contribution in [3.8, 4) is 0 Å². The summed E-state index contributed by atoms with van der Waals surface area (Å²) in [7, 11) is -3.55. The zero-order chi connectivity index (χ0) is 15.0. The van der Waals surface area contributed by atoms with Gasteiger partial charge in [-0.2, -0.15) is 0 Å². The third-order valence-electron chi connectivity index (χ3n) is 3.97. The fraction of sp³-hybridized carbons (Fsp3) is 0.571. The molecule has 1 fully saturated rings. The van der Waals surface area contributed by atoms with Gasteiger partial charge in [-0.15, -0.1) is 0 Å². The second kappa shape index (κ2) is 5.44. The van der Waals surface area contributed by atoms with Crippen molar-refractivity contribution in [1.82, 2.24) is 4.72 Å². The van der Waals surface area contributed by atoms with E-state index >= 15 is 0 Å². The summed E-state index contributed by atoms with van der Waals surface area (Å²) >= 11 is 0. The molecule has 0 aliphatic carbocycles. The fourth-order valence-electron chi connectivity index (χ4n) is 2.29. The van der Waals surface area contributed by atoms with Crippen LogP contribution in [-0.4, -0.2) is 26.7 Å². The Morgan fingerprint density at radius 3 is 2.45 bits per heavy atom. The van der Waals surface area contributed by atoms with Gasteiger partial charge in [0, 0.05) is 12.6 Å².